The number of hydrazine groups is 1. The van der Waals surface area contributed by atoms with Crippen molar-refractivity contribution in [3.63, 3.8) is 0 Å². The number of carbonyl (C=O) groups excluding carboxylic acids is 1. The van der Waals surface area contributed by atoms with Gasteiger partial charge in [0.15, 0.2) is 0 Å². The van der Waals surface area contributed by atoms with E-state index < -0.39 is 0 Å². The molecule has 0 saturated carbocycles. The molecule has 0 fully saturated rings. The molecule has 0 aliphatic rings. The van der Waals surface area contributed by atoms with Crippen molar-refractivity contribution in [2.75, 3.05) is 20.1 Å². The monoisotopic (exact) mass is 252 g/mol. The van der Waals surface area contributed by atoms with Crippen LogP contribution in [0.25, 0.3) is 0 Å². The van der Waals surface area contributed by atoms with Crippen molar-refractivity contribution >= 4 is 5.78 Å². The van der Waals surface area contributed by atoms with Gasteiger partial charge in [-0.3, -0.25) is 10.2 Å². The van der Waals surface area contributed by atoms with E-state index in [1.54, 1.807) is 6.07 Å². The Morgan fingerprint density at radius 1 is 1.44 bits per heavy atom. The SMILES string of the molecule is CCCN(CC(=O)CCc1cccc(F)c1)NC. The number of carbonyl (C=O) groups is 1. The van der Waals surface area contributed by atoms with Crippen LogP contribution in [0, 0.1) is 5.82 Å². The van der Waals surface area contributed by atoms with Crippen LogP contribution in [0.15, 0.2) is 24.3 Å². The Morgan fingerprint density at radius 2 is 2.22 bits per heavy atom. The minimum absolute atomic E-state index is 0.169. The molecule has 0 saturated heterocycles. The first-order valence-electron chi connectivity index (χ1n) is 6.34. The van der Waals surface area contributed by atoms with Gasteiger partial charge >= 0.3 is 0 Å². The average molecular weight is 252 g/mol. The predicted molar refractivity (Wildman–Crippen MR) is 70.7 cm³/mol. The number of halogens is 1. The summed E-state index contributed by atoms with van der Waals surface area (Å²) in [6.45, 7) is 3.32. The van der Waals surface area contributed by atoms with Gasteiger partial charge in [0.1, 0.15) is 11.6 Å². The molecule has 0 aliphatic heterocycles. The zero-order valence-electron chi connectivity index (χ0n) is 11.1. The van der Waals surface area contributed by atoms with Gasteiger partial charge < -0.3 is 0 Å². The largest absolute Gasteiger partial charge is 0.298 e. The Labute approximate surface area is 108 Å². The number of nitrogens with zero attached hydrogens (tertiary/aromatic N) is 1. The lowest BCUT2D eigenvalue weighted by molar-refractivity contribution is -0.120. The van der Waals surface area contributed by atoms with Crippen LogP contribution < -0.4 is 5.43 Å². The minimum Gasteiger partial charge on any atom is -0.298 e. The normalized spacial score (nSPS) is 10.9. The second-order valence-electron chi connectivity index (χ2n) is 4.31. The maximum atomic E-state index is 13.0. The molecule has 18 heavy (non-hydrogen) atoms. The molecular formula is C14H21FN2O. The van der Waals surface area contributed by atoms with Crippen molar-refractivity contribution in [1.29, 1.82) is 0 Å². The van der Waals surface area contributed by atoms with Crippen LogP contribution in [0.4, 0.5) is 4.39 Å². The van der Waals surface area contributed by atoms with E-state index in [0.29, 0.717) is 19.4 Å². The van der Waals surface area contributed by atoms with E-state index in [2.05, 4.69) is 12.3 Å². The average Bonchev–Trinajstić information content (AvgIpc) is 2.36. The molecular weight excluding hydrogens is 231 g/mol. The summed E-state index contributed by atoms with van der Waals surface area (Å²) in [5.74, 6) is -0.0788. The highest BCUT2D eigenvalue weighted by Gasteiger charge is 2.08. The molecule has 0 aliphatic carbocycles. The quantitative estimate of drug-likeness (QED) is 0.720. The van der Waals surface area contributed by atoms with Crippen LogP contribution in [-0.4, -0.2) is 30.9 Å². The number of Topliss-reactive ketones (excluding diaryl/α,β-unsaturated/α-hetero) is 1. The van der Waals surface area contributed by atoms with Gasteiger partial charge in [0, 0.05) is 13.0 Å². The molecule has 0 amide bonds. The number of rotatable bonds is 8. The topological polar surface area (TPSA) is 32.3 Å². The fraction of sp³-hybridized carbons (Fsp3) is 0.500. The van der Waals surface area contributed by atoms with E-state index in [4.69, 9.17) is 0 Å². The number of hydrogen-bond donors (Lipinski definition) is 1. The van der Waals surface area contributed by atoms with Gasteiger partial charge in [0.05, 0.1) is 6.54 Å². The zero-order chi connectivity index (χ0) is 13.4. The molecule has 3 nitrogen and oxygen atoms in total. The Balaban J connectivity index is 2.36. The van der Waals surface area contributed by atoms with Crippen molar-refractivity contribution in [3.8, 4) is 0 Å². The summed E-state index contributed by atoms with van der Waals surface area (Å²) in [7, 11) is 1.81. The highest BCUT2D eigenvalue weighted by atomic mass is 19.1. The third kappa shape index (κ3) is 5.38. The van der Waals surface area contributed by atoms with Crippen molar-refractivity contribution in [3.05, 3.63) is 35.6 Å². The summed E-state index contributed by atoms with van der Waals surface area (Å²) in [4.78, 5) is 11.8. The summed E-state index contributed by atoms with van der Waals surface area (Å²) < 4.78 is 13.0. The highest BCUT2D eigenvalue weighted by molar-refractivity contribution is 5.80. The van der Waals surface area contributed by atoms with Crippen LogP contribution in [0.1, 0.15) is 25.3 Å². The third-order valence-corrected chi connectivity index (χ3v) is 2.76. The van der Waals surface area contributed by atoms with Crippen LogP contribution >= 0.6 is 0 Å². The van der Waals surface area contributed by atoms with Crippen molar-refractivity contribution in [1.82, 2.24) is 10.4 Å². The van der Waals surface area contributed by atoms with E-state index in [0.717, 1.165) is 18.5 Å². The Bertz CT molecular complexity index is 382. The smallest absolute Gasteiger partial charge is 0.148 e. The van der Waals surface area contributed by atoms with Gasteiger partial charge in [0.2, 0.25) is 0 Å². The molecule has 1 rings (SSSR count). The number of benzene rings is 1. The molecule has 0 aromatic heterocycles. The first kappa shape index (κ1) is 14.8. The van der Waals surface area contributed by atoms with Crippen LogP contribution in [-0.2, 0) is 11.2 Å². The van der Waals surface area contributed by atoms with Crippen molar-refractivity contribution < 1.29 is 9.18 Å². The molecule has 0 radical (unpaired) electrons. The van der Waals surface area contributed by atoms with E-state index in [1.165, 1.54) is 12.1 Å². The number of nitrogens with one attached hydrogen (secondary N) is 1. The maximum Gasteiger partial charge on any atom is 0.148 e. The molecule has 100 valence electrons. The van der Waals surface area contributed by atoms with Crippen molar-refractivity contribution in [2.45, 2.75) is 26.2 Å². The van der Waals surface area contributed by atoms with Crippen LogP contribution in [0.5, 0.6) is 0 Å². The molecule has 1 aromatic carbocycles. The first-order chi connectivity index (χ1) is 8.65. The summed E-state index contributed by atoms with van der Waals surface area (Å²) in [5.41, 5.74) is 3.86. The van der Waals surface area contributed by atoms with Crippen molar-refractivity contribution in [2.24, 2.45) is 0 Å². The molecule has 0 unspecified atom stereocenters. The van der Waals surface area contributed by atoms with Gasteiger partial charge in [0.25, 0.3) is 0 Å². The molecule has 0 atom stereocenters. The number of ketones is 1. The van der Waals surface area contributed by atoms with E-state index in [-0.39, 0.29) is 11.6 Å². The highest BCUT2D eigenvalue weighted by Crippen LogP contribution is 2.06. The second-order valence-corrected chi connectivity index (χ2v) is 4.31. The summed E-state index contributed by atoms with van der Waals surface area (Å²) >= 11 is 0. The molecule has 1 aromatic rings. The molecule has 4 heteroatoms. The van der Waals surface area contributed by atoms with E-state index in [9.17, 15) is 9.18 Å². The van der Waals surface area contributed by atoms with Gasteiger partial charge in [-0.15, -0.1) is 0 Å². The number of hydrogen-bond acceptors (Lipinski definition) is 3. The maximum absolute atomic E-state index is 13.0. The predicted octanol–water partition coefficient (Wildman–Crippen LogP) is 2.17. The Kier molecular flexibility index (Phi) is 6.54. The Morgan fingerprint density at radius 3 is 2.83 bits per heavy atom. The van der Waals surface area contributed by atoms with Crippen LogP contribution in [0.2, 0.25) is 0 Å². The Hall–Kier alpha value is -1.26. The summed E-state index contributed by atoms with van der Waals surface area (Å²) in [6.07, 6.45) is 2.05. The minimum atomic E-state index is -0.247. The number of aryl methyl sites for hydroxylation is 1. The summed E-state index contributed by atoms with van der Waals surface area (Å²) in [6, 6.07) is 6.41. The van der Waals surface area contributed by atoms with E-state index >= 15 is 0 Å². The van der Waals surface area contributed by atoms with Gasteiger partial charge in [-0.05, 0) is 37.6 Å². The molecule has 0 heterocycles. The fourth-order valence-corrected chi connectivity index (χ4v) is 1.81. The van der Waals surface area contributed by atoms with Crippen LogP contribution in [0.3, 0.4) is 0 Å². The third-order valence-electron chi connectivity index (χ3n) is 2.76. The lowest BCUT2D eigenvalue weighted by atomic mass is 10.1. The van der Waals surface area contributed by atoms with E-state index in [1.807, 2.05) is 18.1 Å². The molecule has 0 spiro atoms. The zero-order valence-corrected chi connectivity index (χ0v) is 11.1. The molecule has 1 N–H and O–H groups in total. The van der Waals surface area contributed by atoms with Gasteiger partial charge in [-0.2, -0.15) is 0 Å². The fourth-order valence-electron chi connectivity index (χ4n) is 1.81. The second kappa shape index (κ2) is 7.95. The first-order valence-corrected chi connectivity index (χ1v) is 6.34. The molecule has 0 bridgehead atoms. The lowest BCUT2D eigenvalue weighted by Crippen LogP contribution is -2.39. The lowest BCUT2D eigenvalue weighted by Gasteiger charge is -2.19. The standard InChI is InChI=1S/C14H21FN2O/c1-3-9-17(16-2)11-14(18)8-7-12-5-4-6-13(15)10-12/h4-6,10,16H,3,7-9,11H2,1-2H3. The van der Waals surface area contributed by atoms with Gasteiger partial charge in [-0.25, -0.2) is 9.40 Å². The van der Waals surface area contributed by atoms with Gasteiger partial charge in [-0.1, -0.05) is 19.1 Å². The summed E-state index contributed by atoms with van der Waals surface area (Å²) in [5, 5.41) is 1.90.